The molecule has 3 rings (SSSR count). The molecule has 112 valence electrons. The van der Waals surface area contributed by atoms with E-state index in [9.17, 15) is 0 Å². The van der Waals surface area contributed by atoms with Crippen LogP contribution >= 0.6 is 11.6 Å². The Bertz CT molecular complexity index is 739. The van der Waals surface area contributed by atoms with Gasteiger partial charge in [-0.2, -0.15) is 4.98 Å². The molecule has 3 aromatic rings. The molecule has 2 aromatic heterocycles. The van der Waals surface area contributed by atoms with Crippen LogP contribution in [0.5, 0.6) is 0 Å². The first-order valence-corrected chi connectivity index (χ1v) is 7.17. The predicted molar refractivity (Wildman–Crippen MR) is 87.9 cm³/mol. The zero-order chi connectivity index (χ0) is 15.4. The number of halogens is 1. The van der Waals surface area contributed by atoms with Crippen molar-refractivity contribution in [1.29, 1.82) is 0 Å². The van der Waals surface area contributed by atoms with E-state index in [-0.39, 0.29) is 5.28 Å². The summed E-state index contributed by atoms with van der Waals surface area (Å²) in [6.07, 6.45) is 5.20. The van der Waals surface area contributed by atoms with Gasteiger partial charge in [-0.05, 0) is 17.2 Å². The van der Waals surface area contributed by atoms with Crippen LogP contribution in [-0.2, 0) is 6.54 Å². The molecule has 0 saturated heterocycles. The van der Waals surface area contributed by atoms with Crippen LogP contribution in [0.2, 0.25) is 5.28 Å². The SMILES string of the molecule is CNc1cnc(Cl)nc1NCc1ccc(-c2ncc[nH]2)cc1. The molecule has 2 heterocycles. The van der Waals surface area contributed by atoms with Crippen LogP contribution in [0.1, 0.15) is 5.56 Å². The number of benzene rings is 1. The lowest BCUT2D eigenvalue weighted by Crippen LogP contribution is -2.05. The molecule has 7 heteroatoms. The second-order valence-electron chi connectivity index (χ2n) is 4.64. The summed E-state index contributed by atoms with van der Waals surface area (Å²) in [6.45, 7) is 0.639. The number of nitrogens with one attached hydrogen (secondary N) is 3. The molecule has 0 fully saturated rings. The molecule has 0 radical (unpaired) electrons. The van der Waals surface area contributed by atoms with Gasteiger partial charge < -0.3 is 15.6 Å². The zero-order valence-corrected chi connectivity index (χ0v) is 12.7. The van der Waals surface area contributed by atoms with Gasteiger partial charge in [-0.3, -0.25) is 0 Å². The standard InChI is InChI=1S/C15H15ClN6/c1-17-12-9-21-15(16)22-14(12)20-8-10-2-4-11(5-3-10)13-18-6-7-19-13/h2-7,9,17H,8H2,1H3,(H,18,19)(H,20,21,22). The van der Waals surface area contributed by atoms with Crippen LogP contribution < -0.4 is 10.6 Å². The van der Waals surface area contributed by atoms with E-state index in [1.807, 2.05) is 37.5 Å². The van der Waals surface area contributed by atoms with Crippen molar-refractivity contribution < 1.29 is 0 Å². The number of nitrogens with zero attached hydrogens (tertiary/aromatic N) is 3. The first-order valence-electron chi connectivity index (χ1n) is 6.79. The van der Waals surface area contributed by atoms with Crippen molar-refractivity contribution in [3.8, 4) is 11.4 Å². The Morgan fingerprint density at radius 2 is 2.00 bits per heavy atom. The molecular formula is C15H15ClN6. The number of aromatic amines is 1. The van der Waals surface area contributed by atoms with Crippen molar-refractivity contribution in [3.05, 3.63) is 53.7 Å². The maximum atomic E-state index is 5.83. The minimum absolute atomic E-state index is 0.217. The summed E-state index contributed by atoms with van der Waals surface area (Å²) in [7, 11) is 1.82. The van der Waals surface area contributed by atoms with E-state index in [0.717, 1.165) is 22.6 Å². The summed E-state index contributed by atoms with van der Waals surface area (Å²) in [6, 6.07) is 8.16. The van der Waals surface area contributed by atoms with E-state index >= 15 is 0 Å². The minimum Gasteiger partial charge on any atom is -0.384 e. The van der Waals surface area contributed by atoms with Crippen molar-refractivity contribution in [2.45, 2.75) is 6.54 Å². The quantitative estimate of drug-likeness (QED) is 0.630. The van der Waals surface area contributed by atoms with E-state index in [1.165, 1.54) is 0 Å². The topological polar surface area (TPSA) is 78.5 Å². The van der Waals surface area contributed by atoms with Crippen molar-refractivity contribution in [2.24, 2.45) is 0 Å². The fourth-order valence-electron chi connectivity index (χ4n) is 2.07. The molecule has 1 aromatic carbocycles. The summed E-state index contributed by atoms with van der Waals surface area (Å²) < 4.78 is 0. The minimum atomic E-state index is 0.217. The summed E-state index contributed by atoms with van der Waals surface area (Å²) in [4.78, 5) is 15.4. The highest BCUT2D eigenvalue weighted by atomic mass is 35.5. The molecule has 0 aliphatic heterocycles. The van der Waals surface area contributed by atoms with E-state index < -0.39 is 0 Å². The van der Waals surface area contributed by atoms with Crippen molar-refractivity contribution in [1.82, 2.24) is 19.9 Å². The van der Waals surface area contributed by atoms with Crippen molar-refractivity contribution in [2.75, 3.05) is 17.7 Å². The van der Waals surface area contributed by atoms with E-state index in [0.29, 0.717) is 12.4 Å². The highest BCUT2D eigenvalue weighted by molar-refractivity contribution is 6.28. The van der Waals surface area contributed by atoms with Gasteiger partial charge in [-0.25, -0.2) is 9.97 Å². The highest BCUT2D eigenvalue weighted by Crippen LogP contribution is 2.20. The Labute approximate surface area is 133 Å². The van der Waals surface area contributed by atoms with Crippen LogP contribution in [0.3, 0.4) is 0 Å². The van der Waals surface area contributed by atoms with Gasteiger partial charge in [-0.1, -0.05) is 24.3 Å². The average molecular weight is 315 g/mol. The first kappa shape index (κ1) is 14.3. The number of rotatable bonds is 5. The molecule has 0 spiro atoms. The molecule has 22 heavy (non-hydrogen) atoms. The average Bonchev–Trinajstić information content (AvgIpc) is 3.08. The van der Waals surface area contributed by atoms with Gasteiger partial charge >= 0.3 is 0 Å². The normalized spacial score (nSPS) is 10.5. The number of imidazole rings is 1. The largest absolute Gasteiger partial charge is 0.384 e. The van der Waals surface area contributed by atoms with Gasteiger partial charge in [-0.15, -0.1) is 0 Å². The smallest absolute Gasteiger partial charge is 0.224 e. The monoisotopic (exact) mass is 314 g/mol. The third-order valence-corrected chi connectivity index (χ3v) is 3.40. The molecule has 0 aliphatic carbocycles. The van der Waals surface area contributed by atoms with E-state index in [1.54, 1.807) is 12.4 Å². The van der Waals surface area contributed by atoms with Crippen LogP contribution in [0.25, 0.3) is 11.4 Å². The third kappa shape index (κ3) is 3.17. The van der Waals surface area contributed by atoms with Crippen molar-refractivity contribution >= 4 is 23.1 Å². The van der Waals surface area contributed by atoms with E-state index in [2.05, 4.69) is 30.6 Å². The Morgan fingerprint density at radius 1 is 1.18 bits per heavy atom. The number of hydrogen-bond acceptors (Lipinski definition) is 5. The molecule has 0 amide bonds. The third-order valence-electron chi connectivity index (χ3n) is 3.21. The molecular weight excluding hydrogens is 300 g/mol. The lowest BCUT2D eigenvalue weighted by Gasteiger charge is -2.10. The molecule has 0 bridgehead atoms. The lowest BCUT2D eigenvalue weighted by molar-refractivity contribution is 1.08. The number of H-pyrrole nitrogens is 1. The highest BCUT2D eigenvalue weighted by Gasteiger charge is 2.05. The maximum Gasteiger partial charge on any atom is 0.224 e. The number of aromatic nitrogens is 4. The summed E-state index contributed by atoms with van der Waals surface area (Å²) in [5, 5.41) is 6.50. The molecule has 0 saturated carbocycles. The van der Waals surface area contributed by atoms with Crippen LogP contribution in [-0.4, -0.2) is 27.0 Å². The van der Waals surface area contributed by atoms with Gasteiger partial charge in [0.05, 0.1) is 11.9 Å². The Balaban J connectivity index is 1.70. The van der Waals surface area contributed by atoms with Crippen LogP contribution in [0, 0.1) is 0 Å². The van der Waals surface area contributed by atoms with Gasteiger partial charge in [0.15, 0.2) is 5.82 Å². The zero-order valence-electron chi connectivity index (χ0n) is 12.0. The first-order chi connectivity index (χ1) is 10.8. The molecule has 3 N–H and O–H groups in total. The van der Waals surface area contributed by atoms with Crippen LogP contribution in [0.15, 0.2) is 42.9 Å². The predicted octanol–water partition coefficient (Wildman–Crippen LogP) is 3.17. The Hall–Kier alpha value is -2.60. The van der Waals surface area contributed by atoms with Gasteiger partial charge in [0.25, 0.3) is 0 Å². The molecule has 0 aliphatic rings. The van der Waals surface area contributed by atoms with Crippen LogP contribution in [0.4, 0.5) is 11.5 Å². The second-order valence-corrected chi connectivity index (χ2v) is 4.98. The number of hydrogen-bond donors (Lipinski definition) is 3. The summed E-state index contributed by atoms with van der Waals surface area (Å²) in [5.74, 6) is 1.54. The number of anilines is 2. The Morgan fingerprint density at radius 3 is 2.68 bits per heavy atom. The lowest BCUT2D eigenvalue weighted by atomic mass is 10.1. The van der Waals surface area contributed by atoms with Crippen molar-refractivity contribution in [3.63, 3.8) is 0 Å². The molecule has 0 atom stereocenters. The molecule has 0 unspecified atom stereocenters. The van der Waals surface area contributed by atoms with Gasteiger partial charge in [0.1, 0.15) is 5.82 Å². The maximum absolute atomic E-state index is 5.83. The van der Waals surface area contributed by atoms with Gasteiger partial charge in [0, 0.05) is 31.5 Å². The summed E-state index contributed by atoms with van der Waals surface area (Å²) in [5.41, 5.74) is 2.98. The fourth-order valence-corrected chi connectivity index (χ4v) is 2.20. The summed E-state index contributed by atoms with van der Waals surface area (Å²) >= 11 is 5.83. The van der Waals surface area contributed by atoms with Gasteiger partial charge in [0.2, 0.25) is 5.28 Å². The van der Waals surface area contributed by atoms with E-state index in [4.69, 9.17) is 11.6 Å². The second kappa shape index (κ2) is 6.44. The fraction of sp³-hybridized carbons (Fsp3) is 0.133. The molecule has 6 nitrogen and oxygen atoms in total. The Kier molecular flexibility index (Phi) is 4.20.